The molecule has 0 N–H and O–H groups in total. The van der Waals surface area contributed by atoms with E-state index < -0.39 is 0 Å². The Hall–Kier alpha value is -1.90. The Morgan fingerprint density at radius 2 is 1.73 bits per heavy atom. The van der Waals surface area contributed by atoms with Gasteiger partial charge in [0.05, 0.1) is 11.9 Å². The number of nitrogens with zero attached hydrogens (tertiary/aromatic N) is 3. The van der Waals surface area contributed by atoms with Gasteiger partial charge in [0.1, 0.15) is 5.69 Å². The largest absolute Gasteiger partial charge is 0.376 e. The SMILES string of the molecule is CN(C)c1ccnnc1-c1ccccc1. The topological polar surface area (TPSA) is 29.0 Å². The van der Waals surface area contributed by atoms with Crippen molar-refractivity contribution in [2.45, 2.75) is 0 Å². The van der Waals surface area contributed by atoms with Gasteiger partial charge in [0.2, 0.25) is 0 Å². The molecule has 15 heavy (non-hydrogen) atoms. The van der Waals surface area contributed by atoms with Crippen LogP contribution in [0, 0.1) is 0 Å². The van der Waals surface area contributed by atoms with Gasteiger partial charge in [-0.15, -0.1) is 5.10 Å². The predicted octanol–water partition coefficient (Wildman–Crippen LogP) is 2.21. The molecule has 0 aliphatic carbocycles. The Morgan fingerprint density at radius 3 is 2.40 bits per heavy atom. The van der Waals surface area contributed by atoms with Gasteiger partial charge in [0.25, 0.3) is 0 Å². The molecule has 0 amide bonds. The summed E-state index contributed by atoms with van der Waals surface area (Å²) in [5.41, 5.74) is 3.09. The first-order valence-electron chi connectivity index (χ1n) is 4.83. The van der Waals surface area contributed by atoms with E-state index in [0.717, 1.165) is 16.9 Å². The second kappa shape index (κ2) is 4.09. The molecule has 0 fully saturated rings. The minimum atomic E-state index is 0.920. The van der Waals surface area contributed by atoms with Crippen LogP contribution in [0.25, 0.3) is 11.3 Å². The first-order valence-corrected chi connectivity index (χ1v) is 4.83. The molecule has 0 saturated carbocycles. The normalized spacial score (nSPS) is 10.0. The number of hydrogen-bond donors (Lipinski definition) is 0. The zero-order valence-corrected chi connectivity index (χ0v) is 8.88. The van der Waals surface area contributed by atoms with E-state index in [9.17, 15) is 0 Å². The zero-order chi connectivity index (χ0) is 10.7. The van der Waals surface area contributed by atoms with Gasteiger partial charge in [-0.05, 0) is 6.07 Å². The molecule has 3 nitrogen and oxygen atoms in total. The molecule has 0 bridgehead atoms. The maximum Gasteiger partial charge on any atom is 0.116 e. The summed E-state index contributed by atoms with van der Waals surface area (Å²) >= 11 is 0. The third-order valence-electron chi connectivity index (χ3n) is 2.23. The summed E-state index contributed by atoms with van der Waals surface area (Å²) in [5.74, 6) is 0. The van der Waals surface area contributed by atoms with Crippen molar-refractivity contribution in [3.05, 3.63) is 42.6 Å². The molecule has 1 heterocycles. The van der Waals surface area contributed by atoms with Crippen LogP contribution in [-0.2, 0) is 0 Å². The smallest absolute Gasteiger partial charge is 0.116 e. The van der Waals surface area contributed by atoms with E-state index in [0.29, 0.717) is 0 Å². The number of hydrogen-bond acceptors (Lipinski definition) is 3. The monoisotopic (exact) mass is 199 g/mol. The third-order valence-corrected chi connectivity index (χ3v) is 2.23. The van der Waals surface area contributed by atoms with Crippen LogP contribution in [0.1, 0.15) is 0 Å². The fraction of sp³-hybridized carbons (Fsp3) is 0.167. The molecule has 0 unspecified atom stereocenters. The highest BCUT2D eigenvalue weighted by Gasteiger charge is 2.07. The van der Waals surface area contributed by atoms with Crippen molar-refractivity contribution in [2.75, 3.05) is 19.0 Å². The Kier molecular flexibility index (Phi) is 2.63. The number of rotatable bonds is 2. The lowest BCUT2D eigenvalue weighted by atomic mass is 10.1. The molecule has 2 rings (SSSR count). The molecule has 0 atom stereocenters. The standard InChI is InChI=1S/C12H13N3/c1-15(2)11-8-9-13-14-12(11)10-6-4-3-5-7-10/h3-9H,1-2H3. The second-order valence-corrected chi connectivity index (χ2v) is 3.53. The average Bonchev–Trinajstić information content (AvgIpc) is 2.30. The molecule has 1 aromatic heterocycles. The van der Waals surface area contributed by atoms with Gasteiger partial charge >= 0.3 is 0 Å². The molecule has 0 saturated heterocycles. The van der Waals surface area contributed by atoms with E-state index in [2.05, 4.69) is 10.2 Å². The number of aromatic nitrogens is 2. The molecule has 1 aromatic carbocycles. The molecule has 3 heteroatoms. The Labute approximate surface area is 89.4 Å². The maximum absolute atomic E-state index is 4.18. The van der Waals surface area contributed by atoms with E-state index in [-0.39, 0.29) is 0 Å². The van der Waals surface area contributed by atoms with Gasteiger partial charge in [0, 0.05) is 19.7 Å². The molecule has 0 radical (unpaired) electrons. The number of benzene rings is 1. The molecular weight excluding hydrogens is 186 g/mol. The molecular formula is C12H13N3. The minimum Gasteiger partial charge on any atom is -0.376 e. The lowest BCUT2D eigenvalue weighted by Crippen LogP contribution is -2.11. The van der Waals surface area contributed by atoms with E-state index in [1.54, 1.807) is 6.20 Å². The van der Waals surface area contributed by atoms with Crippen LogP contribution < -0.4 is 4.90 Å². The predicted molar refractivity (Wildman–Crippen MR) is 61.8 cm³/mol. The molecule has 0 spiro atoms. The second-order valence-electron chi connectivity index (χ2n) is 3.53. The van der Waals surface area contributed by atoms with Crippen LogP contribution >= 0.6 is 0 Å². The highest BCUT2D eigenvalue weighted by atomic mass is 15.1. The Balaban J connectivity index is 2.53. The van der Waals surface area contributed by atoms with Crippen LogP contribution in [-0.4, -0.2) is 24.3 Å². The summed E-state index contributed by atoms with van der Waals surface area (Å²) in [4.78, 5) is 2.04. The fourth-order valence-corrected chi connectivity index (χ4v) is 1.49. The van der Waals surface area contributed by atoms with E-state index in [1.807, 2.05) is 55.4 Å². The van der Waals surface area contributed by atoms with Crippen LogP contribution in [0.3, 0.4) is 0 Å². The van der Waals surface area contributed by atoms with Crippen LogP contribution in [0.2, 0.25) is 0 Å². The van der Waals surface area contributed by atoms with Crippen LogP contribution in [0.5, 0.6) is 0 Å². The average molecular weight is 199 g/mol. The van der Waals surface area contributed by atoms with E-state index in [4.69, 9.17) is 0 Å². The Morgan fingerprint density at radius 1 is 1.00 bits per heavy atom. The van der Waals surface area contributed by atoms with Crippen LogP contribution in [0.15, 0.2) is 42.6 Å². The van der Waals surface area contributed by atoms with Crippen molar-refractivity contribution in [3.63, 3.8) is 0 Å². The summed E-state index contributed by atoms with van der Waals surface area (Å²) in [6.45, 7) is 0. The van der Waals surface area contributed by atoms with Gasteiger partial charge in [-0.1, -0.05) is 30.3 Å². The lowest BCUT2D eigenvalue weighted by Gasteiger charge is -2.15. The first kappa shape index (κ1) is 9.65. The summed E-state index contributed by atoms with van der Waals surface area (Å²) in [6, 6.07) is 12.0. The molecule has 2 aromatic rings. The number of anilines is 1. The Bertz CT molecular complexity index is 438. The van der Waals surface area contributed by atoms with Crippen molar-refractivity contribution >= 4 is 5.69 Å². The van der Waals surface area contributed by atoms with Gasteiger partial charge < -0.3 is 4.90 Å². The van der Waals surface area contributed by atoms with Gasteiger partial charge in [-0.25, -0.2) is 0 Å². The van der Waals surface area contributed by atoms with Crippen molar-refractivity contribution < 1.29 is 0 Å². The summed E-state index contributed by atoms with van der Waals surface area (Å²) in [6.07, 6.45) is 1.71. The van der Waals surface area contributed by atoms with E-state index >= 15 is 0 Å². The molecule has 0 aliphatic heterocycles. The van der Waals surface area contributed by atoms with Crippen molar-refractivity contribution in [1.82, 2.24) is 10.2 Å². The van der Waals surface area contributed by atoms with Crippen LogP contribution in [0.4, 0.5) is 5.69 Å². The highest BCUT2D eigenvalue weighted by Crippen LogP contribution is 2.25. The summed E-state index contributed by atoms with van der Waals surface area (Å²) in [7, 11) is 4.01. The quantitative estimate of drug-likeness (QED) is 0.742. The molecule has 76 valence electrons. The maximum atomic E-state index is 4.18. The van der Waals surface area contributed by atoms with Gasteiger partial charge in [0.15, 0.2) is 0 Å². The van der Waals surface area contributed by atoms with Gasteiger partial charge in [-0.2, -0.15) is 5.10 Å². The first-order chi connectivity index (χ1) is 7.29. The lowest BCUT2D eigenvalue weighted by molar-refractivity contribution is 1.01. The van der Waals surface area contributed by atoms with E-state index in [1.165, 1.54) is 0 Å². The van der Waals surface area contributed by atoms with Crippen molar-refractivity contribution in [3.8, 4) is 11.3 Å². The van der Waals surface area contributed by atoms with Crippen molar-refractivity contribution in [2.24, 2.45) is 0 Å². The summed E-state index contributed by atoms with van der Waals surface area (Å²) in [5, 5.41) is 8.11. The third kappa shape index (κ3) is 1.96. The highest BCUT2D eigenvalue weighted by molar-refractivity contribution is 5.73. The van der Waals surface area contributed by atoms with Gasteiger partial charge in [-0.3, -0.25) is 0 Å². The minimum absolute atomic E-state index is 0.920. The van der Waals surface area contributed by atoms with Crippen molar-refractivity contribution in [1.29, 1.82) is 0 Å². The fourth-order valence-electron chi connectivity index (χ4n) is 1.49. The molecule has 0 aliphatic rings. The zero-order valence-electron chi connectivity index (χ0n) is 8.88. The summed E-state index contributed by atoms with van der Waals surface area (Å²) < 4.78 is 0.